The van der Waals surface area contributed by atoms with E-state index in [-0.39, 0.29) is 0 Å². The summed E-state index contributed by atoms with van der Waals surface area (Å²) in [7, 11) is 0. The predicted octanol–water partition coefficient (Wildman–Crippen LogP) is 2.31. The van der Waals surface area contributed by atoms with E-state index in [4.69, 9.17) is 16.9 Å². The first kappa shape index (κ1) is 16.5. The fourth-order valence-electron chi connectivity index (χ4n) is 2.33. The van der Waals surface area contributed by atoms with Crippen molar-refractivity contribution in [2.75, 3.05) is 4.90 Å². The third kappa shape index (κ3) is 3.32. The van der Waals surface area contributed by atoms with Gasteiger partial charge in [-0.05, 0) is 25.1 Å². The first-order chi connectivity index (χ1) is 12.1. The molecule has 0 fully saturated rings. The van der Waals surface area contributed by atoms with E-state index in [2.05, 4.69) is 20.1 Å². The van der Waals surface area contributed by atoms with Crippen LogP contribution >= 0.6 is 11.6 Å². The van der Waals surface area contributed by atoms with Crippen molar-refractivity contribution in [3.8, 4) is 11.9 Å². The topological polar surface area (TPSA) is 101 Å². The lowest BCUT2D eigenvalue weighted by Gasteiger charge is -2.24. The molecule has 0 saturated heterocycles. The minimum Gasteiger partial charge on any atom is -0.303 e. The molecule has 3 rings (SSSR count). The lowest BCUT2D eigenvalue weighted by Crippen LogP contribution is -2.27. The molecule has 0 aromatic carbocycles. The van der Waals surface area contributed by atoms with Crippen LogP contribution in [0.2, 0.25) is 5.02 Å². The molecule has 1 atom stereocenters. The number of nitrogens with zero attached hydrogens (tertiary/aromatic N) is 7. The summed E-state index contributed by atoms with van der Waals surface area (Å²) in [6.07, 6.45) is 6.54. The van der Waals surface area contributed by atoms with Crippen LogP contribution < -0.4 is 4.90 Å². The number of aromatic nitrogens is 5. The zero-order chi connectivity index (χ0) is 17.8. The Bertz CT molecular complexity index is 932. The van der Waals surface area contributed by atoms with Gasteiger partial charge in [-0.3, -0.25) is 9.78 Å². The van der Waals surface area contributed by atoms with Gasteiger partial charge >= 0.3 is 0 Å². The van der Waals surface area contributed by atoms with Crippen molar-refractivity contribution in [3.05, 3.63) is 59.5 Å². The monoisotopic (exact) mass is 353 g/mol. The van der Waals surface area contributed by atoms with Crippen LogP contribution in [-0.2, 0) is 4.79 Å². The summed E-state index contributed by atoms with van der Waals surface area (Å²) < 4.78 is 1.51. The molecule has 3 aromatic rings. The molecule has 8 nitrogen and oxygen atoms in total. The Morgan fingerprint density at radius 2 is 2.16 bits per heavy atom. The maximum Gasteiger partial charge on any atom is 0.214 e. The summed E-state index contributed by atoms with van der Waals surface area (Å²) in [5, 5.41) is 13.5. The SMILES string of the molecule is CC(c1ncnn1-c1ccc(C#N)cn1)N(C=O)c1cncc(Cl)c1. The molecule has 3 heterocycles. The molecule has 0 radical (unpaired) electrons. The number of hydrogen-bond acceptors (Lipinski definition) is 6. The normalized spacial score (nSPS) is 11.6. The summed E-state index contributed by atoms with van der Waals surface area (Å²) in [4.78, 5) is 25.5. The van der Waals surface area contributed by atoms with Gasteiger partial charge in [-0.15, -0.1) is 0 Å². The van der Waals surface area contributed by atoms with Gasteiger partial charge in [0.05, 0.1) is 28.5 Å². The third-order valence-electron chi connectivity index (χ3n) is 3.56. The number of carbonyl (C=O) groups is 1. The van der Waals surface area contributed by atoms with Gasteiger partial charge in [0.25, 0.3) is 0 Å². The van der Waals surface area contributed by atoms with Crippen LogP contribution in [0.3, 0.4) is 0 Å². The minimum absolute atomic E-state index is 0.423. The molecule has 0 saturated carbocycles. The molecule has 9 heteroatoms. The van der Waals surface area contributed by atoms with Gasteiger partial charge in [0.1, 0.15) is 12.4 Å². The van der Waals surface area contributed by atoms with E-state index >= 15 is 0 Å². The van der Waals surface area contributed by atoms with Crippen molar-refractivity contribution in [2.24, 2.45) is 0 Å². The molecular formula is C16H12ClN7O. The van der Waals surface area contributed by atoms with E-state index in [1.165, 1.54) is 34.5 Å². The summed E-state index contributed by atoms with van der Waals surface area (Å²) in [6.45, 7) is 1.81. The second-order valence-electron chi connectivity index (χ2n) is 5.10. The first-order valence-electron chi connectivity index (χ1n) is 7.24. The molecule has 0 aliphatic heterocycles. The fraction of sp³-hybridized carbons (Fsp3) is 0.125. The van der Waals surface area contributed by atoms with Crippen molar-refractivity contribution < 1.29 is 4.79 Å². The Balaban J connectivity index is 1.97. The summed E-state index contributed by atoms with van der Waals surface area (Å²) >= 11 is 5.96. The quantitative estimate of drug-likeness (QED) is 0.652. The second kappa shape index (κ2) is 7.07. The molecular weight excluding hydrogens is 342 g/mol. The molecule has 3 aromatic heterocycles. The number of anilines is 1. The Labute approximate surface area is 148 Å². The van der Waals surface area contributed by atoms with Crippen LogP contribution in [0.5, 0.6) is 0 Å². The summed E-state index contributed by atoms with van der Waals surface area (Å²) in [5.74, 6) is 0.998. The van der Waals surface area contributed by atoms with Gasteiger partial charge in [0.2, 0.25) is 6.41 Å². The molecule has 25 heavy (non-hydrogen) atoms. The number of hydrogen-bond donors (Lipinski definition) is 0. The average Bonchev–Trinajstić information content (AvgIpc) is 3.12. The highest BCUT2D eigenvalue weighted by molar-refractivity contribution is 6.30. The smallest absolute Gasteiger partial charge is 0.214 e. The fourth-order valence-corrected chi connectivity index (χ4v) is 2.50. The summed E-state index contributed by atoms with van der Waals surface area (Å²) in [6, 6.07) is 6.50. The Kier molecular flexibility index (Phi) is 4.68. The maximum atomic E-state index is 11.6. The van der Waals surface area contributed by atoms with Gasteiger partial charge in [0.15, 0.2) is 11.6 Å². The highest BCUT2D eigenvalue weighted by atomic mass is 35.5. The molecule has 0 spiro atoms. The van der Waals surface area contributed by atoms with Gasteiger partial charge < -0.3 is 4.90 Å². The third-order valence-corrected chi connectivity index (χ3v) is 3.77. The number of carbonyl (C=O) groups excluding carboxylic acids is 1. The molecule has 1 amide bonds. The number of amides is 1. The Hall–Kier alpha value is -3.31. The number of nitriles is 1. The Morgan fingerprint density at radius 3 is 2.80 bits per heavy atom. The number of pyridine rings is 2. The van der Waals surface area contributed by atoms with Crippen LogP contribution in [-0.4, -0.2) is 31.1 Å². The van der Waals surface area contributed by atoms with Crippen molar-refractivity contribution in [1.82, 2.24) is 24.7 Å². The highest BCUT2D eigenvalue weighted by Gasteiger charge is 2.22. The van der Waals surface area contributed by atoms with Crippen LogP contribution in [0, 0.1) is 11.3 Å². The standard InChI is InChI=1S/C16H12ClN7O/c1-11(23(10-25)14-4-13(17)7-19-8-14)16-21-9-22-24(16)15-3-2-12(5-18)6-20-15/h2-4,6-11H,1H3. The van der Waals surface area contributed by atoms with E-state index in [0.29, 0.717) is 34.3 Å². The van der Waals surface area contributed by atoms with E-state index in [9.17, 15) is 4.79 Å². The summed E-state index contributed by atoms with van der Waals surface area (Å²) in [5.41, 5.74) is 0.982. The molecule has 124 valence electrons. The second-order valence-corrected chi connectivity index (χ2v) is 5.53. The minimum atomic E-state index is -0.447. The Morgan fingerprint density at radius 1 is 1.32 bits per heavy atom. The molecule has 0 N–H and O–H groups in total. The molecule has 0 aliphatic rings. The van der Waals surface area contributed by atoms with Crippen LogP contribution in [0.4, 0.5) is 5.69 Å². The molecule has 0 bridgehead atoms. The largest absolute Gasteiger partial charge is 0.303 e. The molecule has 0 aliphatic carbocycles. The highest BCUT2D eigenvalue weighted by Crippen LogP contribution is 2.26. The zero-order valence-corrected chi connectivity index (χ0v) is 13.9. The first-order valence-corrected chi connectivity index (χ1v) is 7.62. The van der Waals surface area contributed by atoms with E-state index in [1.807, 2.05) is 6.07 Å². The van der Waals surface area contributed by atoms with Crippen molar-refractivity contribution in [3.63, 3.8) is 0 Å². The van der Waals surface area contributed by atoms with Gasteiger partial charge in [-0.25, -0.2) is 9.97 Å². The van der Waals surface area contributed by atoms with E-state index in [0.717, 1.165) is 0 Å². The van der Waals surface area contributed by atoms with Gasteiger partial charge in [-0.2, -0.15) is 15.0 Å². The predicted molar refractivity (Wildman–Crippen MR) is 90.1 cm³/mol. The number of rotatable bonds is 5. The van der Waals surface area contributed by atoms with Gasteiger partial charge in [0, 0.05) is 12.4 Å². The van der Waals surface area contributed by atoms with E-state index < -0.39 is 6.04 Å². The van der Waals surface area contributed by atoms with Crippen LogP contribution in [0.25, 0.3) is 5.82 Å². The molecule has 1 unspecified atom stereocenters. The number of halogens is 1. The van der Waals surface area contributed by atoms with Crippen LogP contribution in [0.15, 0.2) is 43.1 Å². The zero-order valence-electron chi connectivity index (χ0n) is 13.1. The van der Waals surface area contributed by atoms with E-state index in [1.54, 1.807) is 25.1 Å². The van der Waals surface area contributed by atoms with Crippen molar-refractivity contribution >= 4 is 23.7 Å². The maximum absolute atomic E-state index is 11.6. The van der Waals surface area contributed by atoms with Crippen LogP contribution in [0.1, 0.15) is 24.4 Å². The van der Waals surface area contributed by atoms with Crippen molar-refractivity contribution in [2.45, 2.75) is 13.0 Å². The lowest BCUT2D eigenvalue weighted by atomic mass is 10.2. The van der Waals surface area contributed by atoms with Crippen molar-refractivity contribution in [1.29, 1.82) is 5.26 Å². The van der Waals surface area contributed by atoms with Gasteiger partial charge in [-0.1, -0.05) is 11.6 Å². The average molecular weight is 354 g/mol. The lowest BCUT2D eigenvalue weighted by molar-refractivity contribution is -0.107.